The van der Waals surface area contributed by atoms with Crippen LogP contribution >= 0.6 is 0 Å². The number of hydrogen-bond donors (Lipinski definition) is 0. The van der Waals surface area contributed by atoms with E-state index in [9.17, 15) is 4.79 Å². The summed E-state index contributed by atoms with van der Waals surface area (Å²) >= 11 is 0. The number of cyclic esters (lactones) is 1. The standard InChI is InChI=1S/C14H12O3/c15-13-9-11(10-5-2-1-3-6-10)14(17-13)12-7-4-8-16-12/h1-8,11,14H,9H2/t11-,14-/m1/s1. The molecule has 0 N–H and O–H groups in total. The molecule has 2 atom stereocenters. The summed E-state index contributed by atoms with van der Waals surface area (Å²) in [4.78, 5) is 11.5. The summed E-state index contributed by atoms with van der Waals surface area (Å²) in [5.41, 5.74) is 1.11. The largest absolute Gasteiger partial charge is 0.465 e. The van der Waals surface area contributed by atoms with E-state index in [4.69, 9.17) is 9.15 Å². The number of carbonyl (C=O) groups is 1. The molecule has 1 fully saturated rings. The van der Waals surface area contributed by atoms with Crippen LogP contribution < -0.4 is 0 Å². The molecule has 3 rings (SSSR count). The Labute approximate surface area is 99.0 Å². The third-order valence-corrected chi connectivity index (χ3v) is 3.06. The summed E-state index contributed by atoms with van der Waals surface area (Å²) < 4.78 is 10.7. The van der Waals surface area contributed by atoms with Gasteiger partial charge in [0.15, 0.2) is 6.10 Å². The van der Waals surface area contributed by atoms with Gasteiger partial charge in [0.2, 0.25) is 0 Å². The number of furan rings is 1. The third-order valence-electron chi connectivity index (χ3n) is 3.06. The van der Waals surface area contributed by atoms with Gasteiger partial charge in [-0.05, 0) is 17.7 Å². The van der Waals surface area contributed by atoms with Crippen LogP contribution in [-0.4, -0.2) is 5.97 Å². The van der Waals surface area contributed by atoms with Gasteiger partial charge in [0, 0.05) is 5.92 Å². The van der Waals surface area contributed by atoms with E-state index < -0.39 is 0 Å². The molecule has 0 spiro atoms. The Kier molecular flexibility index (Phi) is 2.44. The van der Waals surface area contributed by atoms with Crippen molar-refractivity contribution in [3.05, 3.63) is 60.1 Å². The van der Waals surface area contributed by atoms with Crippen molar-refractivity contribution in [3.8, 4) is 0 Å². The molecule has 0 radical (unpaired) electrons. The van der Waals surface area contributed by atoms with Gasteiger partial charge in [-0.1, -0.05) is 30.3 Å². The van der Waals surface area contributed by atoms with Crippen LogP contribution in [0.3, 0.4) is 0 Å². The molecule has 0 bridgehead atoms. The Hall–Kier alpha value is -2.03. The van der Waals surface area contributed by atoms with Gasteiger partial charge in [0.25, 0.3) is 0 Å². The quantitative estimate of drug-likeness (QED) is 0.741. The summed E-state index contributed by atoms with van der Waals surface area (Å²) in [6, 6.07) is 13.6. The van der Waals surface area contributed by atoms with E-state index in [2.05, 4.69) is 0 Å². The van der Waals surface area contributed by atoms with Crippen LogP contribution in [-0.2, 0) is 9.53 Å². The zero-order chi connectivity index (χ0) is 11.7. The fourth-order valence-corrected chi connectivity index (χ4v) is 2.26. The smallest absolute Gasteiger partial charge is 0.307 e. The monoisotopic (exact) mass is 228 g/mol. The number of rotatable bonds is 2. The maximum Gasteiger partial charge on any atom is 0.307 e. The zero-order valence-corrected chi connectivity index (χ0v) is 9.21. The number of esters is 1. The number of hydrogen-bond acceptors (Lipinski definition) is 3. The van der Waals surface area contributed by atoms with E-state index in [0.717, 1.165) is 5.56 Å². The first-order chi connectivity index (χ1) is 8.34. The number of benzene rings is 1. The molecular formula is C14H12O3. The molecule has 17 heavy (non-hydrogen) atoms. The van der Waals surface area contributed by atoms with Gasteiger partial charge in [0.1, 0.15) is 5.76 Å². The van der Waals surface area contributed by atoms with Crippen LogP contribution in [0.4, 0.5) is 0 Å². The SMILES string of the molecule is O=C1C[C@H](c2ccccc2)[C@H](c2ccco2)O1. The molecule has 0 saturated carbocycles. The normalized spacial score (nSPS) is 23.6. The van der Waals surface area contributed by atoms with Crippen molar-refractivity contribution in [2.45, 2.75) is 18.4 Å². The van der Waals surface area contributed by atoms with Crippen LogP contribution in [0.15, 0.2) is 53.1 Å². The van der Waals surface area contributed by atoms with Gasteiger partial charge in [-0.15, -0.1) is 0 Å². The molecule has 1 aliphatic heterocycles. The van der Waals surface area contributed by atoms with Crippen molar-refractivity contribution in [2.24, 2.45) is 0 Å². The van der Waals surface area contributed by atoms with Crippen LogP contribution in [0.1, 0.15) is 29.8 Å². The van der Waals surface area contributed by atoms with Crippen LogP contribution in [0.25, 0.3) is 0 Å². The topological polar surface area (TPSA) is 39.4 Å². The van der Waals surface area contributed by atoms with Gasteiger partial charge in [-0.2, -0.15) is 0 Å². The highest BCUT2D eigenvalue weighted by molar-refractivity contribution is 5.73. The van der Waals surface area contributed by atoms with E-state index in [0.29, 0.717) is 12.2 Å². The Morgan fingerprint density at radius 1 is 1.06 bits per heavy atom. The number of carbonyl (C=O) groups excluding carboxylic acids is 1. The fourth-order valence-electron chi connectivity index (χ4n) is 2.26. The van der Waals surface area contributed by atoms with Crippen LogP contribution in [0.5, 0.6) is 0 Å². The maximum absolute atomic E-state index is 11.5. The molecule has 0 unspecified atom stereocenters. The Bertz CT molecular complexity index is 502. The predicted octanol–water partition coefficient (Wildman–Crippen LogP) is 3.05. The average molecular weight is 228 g/mol. The highest BCUT2D eigenvalue weighted by Gasteiger charge is 2.38. The summed E-state index contributed by atoms with van der Waals surface area (Å²) in [5, 5.41) is 0. The molecule has 0 amide bonds. The minimum Gasteiger partial charge on any atom is -0.465 e. The molecule has 3 nitrogen and oxygen atoms in total. The Morgan fingerprint density at radius 3 is 2.59 bits per heavy atom. The van der Waals surface area contributed by atoms with Crippen LogP contribution in [0, 0.1) is 0 Å². The lowest BCUT2D eigenvalue weighted by Crippen LogP contribution is -2.04. The van der Waals surface area contributed by atoms with E-state index in [1.165, 1.54) is 0 Å². The highest BCUT2D eigenvalue weighted by atomic mass is 16.6. The van der Waals surface area contributed by atoms with Crippen molar-refractivity contribution in [1.29, 1.82) is 0 Å². The summed E-state index contributed by atoms with van der Waals surface area (Å²) in [5.74, 6) is 0.597. The van der Waals surface area contributed by atoms with Gasteiger partial charge >= 0.3 is 5.97 Å². The third kappa shape index (κ3) is 1.84. The van der Waals surface area contributed by atoms with E-state index >= 15 is 0 Å². The van der Waals surface area contributed by atoms with Gasteiger partial charge in [-0.3, -0.25) is 4.79 Å². The molecule has 86 valence electrons. The second-order valence-electron chi connectivity index (χ2n) is 4.15. The second kappa shape index (κ2) is 4.09. The molecular weight excluding hydrogens is 216 g/mol. The fraction of sp³-hybridized carbons (Fsp3) is 0.214. The molecule has 1 saturated heterocycles. The van der Waals surface area contributed by atoms with Crippen molar-refractivity contribution in [3.63, 3.8) is 0 Å². The first-order valence-corrected chi connectivity index (χ1v) is 5.62. The van der Waals surface area contributed by atoms with Gasteiger partial charge in [0.05, 0.1) is 12.7 Å². The molecule has 2 aromatic rings. The highest BCUT2D eigenvalue weighted by Crippen LogP contribution is 2.42. The first-order valence-electron chi connectivity index (χ1n) is 5.62. The zero-order valence-electron chi connectivity index (χ0n) is 9.21. The Balaban J connectivity index is 1.95. The summed E-state index contributed by atoms with van der Waals surface area (Å²) in [6.07, 6.45) is 1.72. The molecule has 0 aliphatic carbocycles. The van der Waals surface area contributed by atoms with Crippen molar-refractivity contribution in [2.75, 3.05) is 0 Å². The van der Waals surface area contributed by atoms with Gasteiger partial charge < -0.3 is 9.15 Å². The van der Waals surface area contributed by atoms with E-state index in [-0.39, 0.29) is 18.0 Å². The van der Waals surface area contributed by atoms with Crippen molar-refractivity contribution in [1.82, 2.24) is 0 Å². The molecule has 3 heteroatoms. The molecule has 2 heterocycles. The summed E-state index contributed by atoms with van der Waals surface area (Å²) in [6.45, 7) is 0. The first kappa shape index (κ1) is 10.1. The molecule has 1 aliphatic rings. The molecule has 1 aromatic heterocycles. The van der Waals surface area contributed by atoms with E-state index in [1.807, 2.05) is 42.5 Å². The van der Waals surface area contributed by atoms with Crippen LogP contribution in [0.2, 0.25) is 0 Å². The van der Waals surface area contributed by atoms with E-state index in [1.54, 1.807) is 6.26 Å². The van der Waals surface area contributed by atoms with Crippen molar-refractivity contribution >= 4 is 5.97 Å². The minimum atomic E-state index is -0.292. The number of ether oxygens (including phenoxy) is 1. The van der Waals surface area contributed by atoms with Crippen molar-refractivity contribution < 1.29 is 13.9 Å². The molecule has 1 aromatic carbocycles. The summed E-state index contributed by atoms with van der Waals surface area (Å²) in [7, 11) is 0. The lowest BCUT2D eigenvalue weighted by molar-refractivity contribution is -0.142. The second-order valence-corrected chi connectivity index (χ2v) is 4.15. The lowest BCUT2D eigenvalue weighted by atomic mass is 9.91. The lowest BCUT2D eigenvalue weighted by Gasteiger charge is -2.15. The Morgan fingerprint density at radius 2 is 1.88 bits per heavy atom. The maximum atomic E-state index is 11.5. The van der Waals surface area contributed by atoms with Gasteiger partial charge in [-0.25, -0.2) is 0 Å². The average Bonchev–Trinajstić information content (AvgIpc) is 2.98. The minimum absolute atomic E-state index is 0.0508. The predicted molar refractivity (Wildman–Crippen MR) is 61.3 cm³/mol.